The molecular weight excluding hydrogens is 178 g/mol. The molecule has 0 aromatic carbocycles. The summed E-state index contributed by atoms with van der Waals surface area (Å²) in [6, 6.07) is 0. The Morgan fingerprint density at radius 3 is 2.79 bits per heavy atom. The number of nitrogens with one attached hydrogen (secondary N) is 1. The maximum Gasteiger partial charge on any atom is 0.246 e. The Labute approximate surface area is 85.2 Å². The number of aliphatic hydroxyl groups is 1. The van der Waals surface area contributed by atoms with Gasteiger partial charge in [0.1, 0.15) is 0 Å². The zero-order valence-corrected chi connectivity index (χ0v) is 8.92. The van der Waals surface area contributed by atoms with Crippen molar-refractivity contribution in [3.8, 4) is 0 Å². The zero-order chi connectivity index (χ0) is 10.6. The van der Waals surface area contributed by atoms with E-state index in [1.807, 2.05) is 13.0 Å². The fourth-order valence-corrected chi connectivity index (χ4v) is 1.38. The van der Waals surface area contributed by atoms with Gasteiger partial charge in [-0.25, -0.2) is 0 Å². The van der Waals surface area contributed by atoms with Gasteiger partial charge in [-0.3, -0.25) is 4.79 Å². The van der Waals surface area contributed by atoms with Crippen molar-refractivity contribution in [2.75, 3.05) is 6.54 Å². The van der Waals surface area contributed by atoms with Gasteiger partial charge in [-0.2, -0.15) is 0 Å². The van der Waals surface area contributed by atoms with E-state index in [1.54, 1.807) is 6.92 Å². The number of carbonyl (C=O) groups excluding carboxylic acids is 1. The molecule has 14 heavy (non-hydrogen) atoms. The second-order valence-electron chi connectivity index (χ2n) is 3.91. The van der Waals surface area contributed by atoms with Gasteiger partial charge in [0.2, 0.25) is 5.91 Å². The third-order valence-corrected chi connectivity index (χ3v) is 2.51. The van der Waals surface area contributed by atoms with Crippen LogP contribution >= 0.6 is 0 Å². The minimum absolute atomic E-state index is 0.0634. The van der Waals surface area contributed by atoms with Crippen molar-refractivity contribution in [1.82, 2.24) is 5.32 Å². The molecule has 0 radical (unpaired) electrons. The van der Waals surface area contributed by atoms with Gasteiger partial charge in [-0.15, -0.1) is 0 Å². The summed E-state index contributed by atoms with van der Waals surface area (Å²) in [5.41, 5.74) is 0.732. The lowest BCUT2D eigenvalue weighted by atomic mass is 10.2. The Morgan fingerprint density at radius 1 is 1.64 bits per heavy atom. The molecule has 0 aliphatic heterocycles. The van der Waals surface area contributed by atoms with Crippen LogP contribution in [0.2, 0.25) is 0 Å². The summed E-state index contributed by atoms with van der Waals surface area (Å²) >= 11 is 0. The second-order valence-corrected chi connectivity index (χ2v) is 3.91. The number of aliphatic hydroxyl groups excluding tert-OH is 1. The summed E-state index contributed by atoms with van der Waals surface area (Å²) in [7, 11) is 0. The Kier molecular flexibility index (Phi) is 4.14. The number of hydrogen-bond acceptors (Lipinski definition) is 2. The first-order valence-electron chi connectivity index (χ1n) is 5.28. The summed E-state index contributed by atoms with van der Waals surface area (Å²) in [4.78, 5) is 11.4. The first-order chi connectivity index (χ1) is 6.65. The van der Waals surface area contributed by atoms with Crippen molar-refractivity contribution >= 4 is 5.91 Å². The highest BCUT2D eigenvalue weighted by molar-refractivity contribution is 5.92. The van der Waals surface area contributed by atoms with Crippen molar-refractivity contribution in [2.24, 2.45) is 5.92 Å². The van der Waals surface area contributed by atoms with Crippen LogP contribution in [0.15, 0.2) is 11.6 Å². The minimum Gasteiger partial charge on any atom is -0.391 e. The van der Waals surface area contributed by atoms with Gasteiger partial charge in [0.25, 0.3) is 0 Å². The van der Waals surface area contributed by atoms with Gasteiger partial charge in [-0.05, 0) is 32.1 Å². The SMILES string of the molecule is CCC=C(C)C(=O)NCC(O)C1CC1. The molecule has 3 heteroatoms. The Bertz CT molecular complexity index is 231. The van der Waals surface area contributed by atoms with Crippen molar-refractivity contribution in [3.05, 3.63) is 11.6 Å². The van der Waals surface area contributed by atoms with Crippen LogP contribution in [0.3, 0.4) is 0 Å². The average molecular weight is 197 g/mol. The molecule has 1 atom stereocenters. The van der Waals surface area contributed by atoms with Gasteiger partial charge in [0.15, 0.2) is 0 Å². The van der Waals surface area contributed by atoms with Crippen LogP contribution in [0.5, 0.6) is 0 Å². The van der Waals surface area contributed by atoms with E-state index in [-0.39, 0.29) is 12.0 Å². The molecule has 0 aromatic rings. The van der Waals surface area contributed by atoms with E-state index in [2.05, 4.69) is 5.32 Å². The lowest BCUT2D eigenvalue weighted by Crippen LogP contribution is -2.33. The largest absolute Gasteiger partial charge is 0.391 e. The highest BCUT2D eigenvalue weighted by Gasteiger charge is 2.29. The van der Waals surface area contributed by atoms with E-state index in [0.29, 0.717) is 12.5 Å². The number of hydrogen-bond donors (Lipinski definition) is 2. The normalized spacial score (nSPS) is 19.2. The van der Waals surface area contributed by atoms with Crippen LogP contribution < -0.4 is 5.32 Å². The lowest BCUT2D eigenvalue weighted by Gasteiger charge is -2.10. The average Bonchev–Trinajstić information content (AvgIpc) is 2.97. The van der Waals surface area contributed by atoms with Crippen LogP contribution in [0.25, 0.3) is 0 Å². The van der Waals surface area contributed by atoms with Crippen molar-refractivity contribution < 1.29 is 9.90 Å². The van der Waals surface area contributed by atoms with Crippen LogP contribution in [0.4, 0.5) is 0 Å². The molecule has 0 saturated heterocycles. The third kappa shape index (κ3) is 3.50. The van der Waals surface area contributed by atoms with Gasteiger partial charge in [-0.1, -0.05) is 13.0 Å². The van der Waals surface area contributed by atoms with Crippen LogP contribution in [0, 0.1) is 5.92 Å². The van der Waals surface area contributed by atoms with E-state index in [0.717, 1.165) is 24.8 Å². The van der Waals surface area contributed by atoms with E-state index >= 15 is 0 Å². The Hall–Kier alpha value is -0.830. The van der Waals surface area contributed by atoms with Gasteiger partial charge < -0.3 is 10.4 Å². The molecule has 1 unspecified atom stereocenters. The first kappa shape index (κ1) is 11.2. The number of rotatable bonds is 5. The summed E-state index contributed by atoms with van der Waals surface area (Å²) in [6.45, 7) is 4.18. The molecule has 1 rings (SSSR count). The number of carbonyl (C=O) groups is 1. The molecule has 0 aromatic heterocycles. The standard InChI is InChI=1S/C11H19NO2/c1-3-4-8(2)11(14)12-7-10(13)9-5-6-9/h4,9-10,13H,3,5-7H2,1-2H3,(H,12,14). The first-order valence-corrected chi connectivity index (χ1v) is 5.28. The zero-order valence-electron chi connectivity index (χ0n) is 8.92. The minimum atomic E-state index is -0.353. The van der Waals surface area contributed by atoms with Gasteiger partial charge >= 0.3 is 0 Å². The third-order valence-electron chi connectivity index (χ3n) is 2.51. The molecule has 1 fully saturated rings. The van der Waals surface area contributed by atoms with Crippen LogP contribution in [0.1, 0.15) is 33.1 Å². The van der Waals surface area contributed by atoms with Crippen molar-refractivity contribution in [2.45, 2.75) is 39.2 Å². The van der Waals surface area contributed by atoms with Crippen molar-refractivity contribution in [1.29, 1.82) is 0 Å². The van der Waals surface area contributed by atoms with E-state index in [1.165, 1.54) is 0 Å². The summed E-state index contributed by atoms with van der Waals surface area (Å²) in [6.07, 6.45) is 4.60. The van der Waals surface area contributed by atoms with E-state index in [4.69, 9.17) is 0 Å². The summed E-state index contributed by atoms with van der Waals surface area (Å²) in [5.74, 6) is 0.359. The fourth-order valence-electron chi connectivity index (χ4n) is 1.38. The summed E-state index contributed by atoms with van der Waals surface area (Å²) in [5, 5.41) is 12.2. The van der Waals surface area contributed by atoms with E-state index < -0.39 is 0 Å². The quantitative estimate of drug-likeness (QED) is 0.651. The van der Waals surface area contributed by atoms with Crippen LogP contribution in [-0.4, -0.2) is 23.7 Å². The Balaban J connectivity index is 2.22. The number of allylic oxidation sites excluding steroid dienone is 1. The molecule has 1 saturated carbocycles. The molecule has 2 N–H and O–H groups in total. The predicted molar refractivity (Wildman–Crippen MR) is 55.8 cm³/mol. The molecule has 0 bridgehead atoms. The molecule has 0 heterocycles. The molecule has 1 aliphatic rings. The maximum absolute atomic E-state index is 11.4. The molecule has 1 amide bonds. The molecule has 80 valence electrons. The van der Waals surface area contributed by atoms with E-state index in [9.17, 15) is 9.90 Å². The smallest absolute Gasteiger partial charge is 0.246 e. The maximum atomic E-state index is 11.4. The number of amides is 1. The topological polar surface area (TPSA) is 49.3 Å². The predicted octanol–water partition coefficient (Wildman–Crippen LogP) is 1.23. The Morgan fingerprint density at radius 2 is 2.29 bits per heavy atom. The molecule has 1 aliphatic carbocycles. The van der Waals surface area contributed by atoms with Crippen LogP contribution in [-0.2, 0) is 4.79 Å². The monoisotopic (exact) mass is 197 g/mol. The lowest BCUT2D eigenvalue weighted by molar-refractivity contribution is -0.118. The van der Waals surface area contributed by atoms with Gasteiger partial charge in [0.05, 0.1) is 6.10 Å². The second kappa shape index (κ2) is 5.15. The molecular formula is C11H19NO2. The van der Waals surface area contributed by atoms with Crippen molar-refractivity contribution in [3.63, 3.8) is 0 Å². The highest BCUT2D eigenvalue weighted by atomic mass is 16.3. The summed E-state index contributed by atoms with van der Waals surface area (Å²) < 4.78 is 0. The fraction of sp³-hybridized carbons (Fsp3) is 0.727. The molecule has 3 nitrogen and oxygen atoms in total. The van der Waals surface area contributed by atoms with Gasteiger partial charge in [0, 0.05) is 12.1 Å². The molecule has 0 spiro atoms. The highest BCUT2D eigenvalue weighted by Crippen LogP contribution is 2.32.